The van der Waals surface area contributed by atoms with E-state index in [1.807, 2.05) is 29.2 Å². The Morgan fingerprint density at radius 3 is 2.41 bits per heavy atom. The van der Waals surface area contributed by atoms with E-state index in [0.717, 1.165) is 31.2 Å². The average Bonchev–Trinajstić information content (AvgIpc) is 3.19. The summed E-state index contributed by atoms with van der Waals surface area (Å²) in [4.78, 5) is 26.3. The van der Waals surface area contributed by atoms with E-state index in [-0.39, 0.29) is 23.8 Å². The fourth-order valence-corrected chi connectivity index (χ4v) is 4.70. The lowest BCUT2D eigenvalue weighted by molar-refractivity contribution is -0.130. The smallest absolute Gasteiger partial charge is 0.237 e. The van der Waals surface area contributed by atoms with Gasteiger partial charge in [-0.15, -0.1) is 0 Å². The number of piperidine rings is 1. The van der Waals surface area contributed by atoms with E-state index in [4.69, 9.17) is 17.3 Å². The highest BCUT2D eigenvalue weighted by Crippen LogP contribution is 2.36. The van der Waals surface area contributed by atoms with E-state index >= 15 is 0 Å². The second-order valence-corrected chi connectivity index (χ2v) is 8.39. The van der Waals surface area contributed by atoms with Crippen LogP contribution in [0.3, 0.4) is 0 Å². The molecule has 1 aromatic rings. The molecule has 3 N–H and O–H groups in total. The van der Waals surface area contributed by atoms with Gasteiger partial charge >= 0.3 is 0 Å². The molecule has 2 aliphatic rings. The van der Waals surface area contributed by atoms with E-state index in [1.54, 1.807) is 6.92 Å². The Hall–Kier alpha value is -1.59. The van der Waals surface area contributed by atoms with Gasteiger partial charge in [0.25, 0.3) is 0 Å². The van der Waals surface area contributed by atoms with Crippen molar-refractivity contribution in [2.24, 2.45) is 17.6 Å². The SMILES string of the molecule is CC(=O)N1CCC([C@H](N)C(=O)N[C@@H](c2cccc(Cl)c2)C2CCCC2)CC1. The van der Waals surface area contributed by atoms with Crippen LogP contribution in [0.25, 0.3) is 0 Å². The predicted octanol–water partition coefficient (Wildman–Crippen LogP) is 3.27. The van der Waals surface area contributed by atoms with Crippen LogP contribution in [-0.4, -0.2) is 35.8 Å². The minimum Gasteiger partial charge on any atom is -0.348 e. The summed E-state index contributed by atoms with van der Waals surface area (Å²) in [5.74, 6) is 0.547. The molecule has 1 heterocycles. The minimum absolute atomic E-state index is 0.0398. The molecule has 2 amide bonds. The molecule has 0 aromatic heterocycles. The van der Waals surface area contributed by atoms with Crippen molar-refractivity contribution in [1.82, 2.24) is 10.2 Å². The Balaban J connectivity index is 1.66. The molecule has 0 unspecified atom stereocenters. The molecule has 0 bridgehead atoms. The largest absolute Gasteiger partial charge is 0.348 e. The highest BCUT2D eigenvalue weighted by atomic mass is 35.5. The summed E-state index contributed by atoms with van der Waals surface area (Å²) < 4.78 is 0. The first kappa shape index (κ1) is 20.2. The number of nitrogens with zero attached hydrogens (tertiary/aromatic N) is 1. The van der Waals surface area contributed by atoms with Crippen molar-refractivity contribution in [3.8, 4) is 0 Å². The first-order chi connectivity index (χ1) is 13.0. The van der Waals surface area contributed by atoms with Crippen molar-refractivity contribution in [2.45, 2.75) is 57.5 Å². The Labute approximate surface area is 166 Å². The Kier molecular flexibility index (Phi) is 6.77. The molecule has 148 valence electrons. The highest BCUT2D eigenvalue weighted by Gasteiger charge is 2.33. The van der Waals surface area contributed by atoms with Crippen molar-refractivity contribution in [3.63, 3.8) is 0 Å². The molecule has 5 nitrogen and oxygen atoms in total. The van der Waals surface area contributed by atoms with Crippen molar-refractivity contribution in [3.05, 3.63) is 34.9 Å². The minimum atomic E-state index is -0.540. The van der Waals surface area contributed by atoms with Gasteiger partial charge in [0, 0.05) is 25.0 Å². The zero-order valence-corrected chi connectivity index (χ0v) is 16.8. The molecule has 0 spiro atoms. The number of nitrogens with one attached hydrogen (secondary N) is 1. The molecule has 1 saturated heterocycles. The number of benzene rings is 1. The van der Waals surface area contributed by atoms with Gasteiger partial charge in [0.2, 0.25) is 11.8 Å². The Morgan fingerprint density at radius 1 is 1.15 bits per heavy atom. The zero-order chi connectivity index (χ0) is 19.4. The maximum atomic E-state index is 12.9. The average molecular weight is 392 g/mol. The van der Waals surface area contributed by atoms with Gasteiger partial charge in [-0.25, -0.2) is 0 Å². The van der Waals surface area contributed by atoms with Crippen LogP contribution in [0.2, 0.25) is 5.02 Å². The van der Waals surface area contributed by atoms with E-state index in [9.17, 15) is 9.59 Å². The van der Waals surface area contributed by atoms with Gasteiger partial charge < -0.3 is 16.0 Å². The van der Waals surface area contributed by atoms with Gasteiger partial charge in [-0.05, 0) is 55.2 Å². The van der Waals surface area contributed by atoms with Crippen LogP contribution in [0.4, 0.5) is 0 Å². The lowest BCUT2D eigenvalue weighted by atomic mass is 9.87. The van der Waals surface area contributed by atoms with E-state index < -0.39 is 6.04 Å². The number of carbonyl (C=O) groups excluding carboxylic acids is 2. The molecule has 6 heteroatoms. The van der Waals surface area contributed by atoms with Crippen molar-refractivity contribution in [1.29, 1.82) is 0 Å². The van der Waals surface area contributed by atoms with Crippen molar-refractivity contribution < 1.29 is 9.59 Å². The van der Waals surface area contributed by atoms with Gasteiger partial charge in [-0.3, -0.25) is 9.59 Å². The molecule has 1 saturated carbocycles. The quantitative estimate of drug-likeness (QED) is 0.808. The molecular formula is C21H30ClN3O2. The number of rotatable bonds is 5. The number of nitrogens with two attached hydrogens (primary N) is 1. The summed E-state index contributed by atoms with van der Waals surface area (Å²) >= 11 is 6.19. The fraction of sp³-hybridized carbons (Fsp3) is 0.619. The Bertz CT molecular complexity index is 667. The molecule has 1 aliphatic heterocycles. The first-order valence-corrected chi connectivity index (χ1v) is 10.4. The van der Waals surface area contributed by atoms with Gasteiger partial charge in [-0.1, -0.05) is 36.6 Å². The first-order valence-electron chi connectivity index (χ1n) is 10.0. The molecule has 1 aliphatic carbocycles. The van der Waals surface area contributed by atoms with Crippen LogP contribution < -0.4 is 11.1 Å². The van der Waals surface area contributed by atoms with Gasteiger partial charge in [0.1, 0.15) is 0 Å². The van der Waals surface area contributed by atoms with Crippen LogP contribution in [0.5, 0.6) is 0 Å². The number of likely N-dealkylation sites (tertiary alicyclic amines) is 1. The Morgan fingerprint density at radius 2 is 1.81 bits per heavy atom. The lowest BCUT2D eigenvalue weighted by Gasteiger charge is -2.35. The maximum Gasteiger partial charge on any atom is 0.237 e. The van der Waals surface area contributed by atoms with Crippen LogP contribution in [0.1, 0.15) is 57.1 Å². The van der Waals surface area contributed by atoms with Gasteiger partial charge in [0.15, 0.2) is 0 Å². The summed E-state index contributed by atoms with van der Waals surface area (Å²) in [6.45, 7) is 2.95. The van der Waals surface area contributed by atoms with E-state index in [1.165, 1.54) is 12.8 Å². The van der Waals surface area contributed by atoms with Crippen LogP contribution in [-0.2, 0) is 9.59 Å². The monoisotopic (exact) mass is 391 g/mol. The van der Waals surface area contributed by atoms with Crippen molar-refractivity contribution in [2.75, 3.05) is 13.1 Å². The molecule has 2 fully saturated rings. The maximum absolute atomic E-state index is 12.9. The number of halogens is 1. The van der Waals surface area contributed by atoms with Crippen LogP contribution in [0.15, 0.2) is 24.3 Å². The number of hydrogen-bond acceptors (Lipinski definition) is 3. The lowest BCUT2D eigenvalue weighted by Crippen LogP contribution is -2.51. The third-order valence-corrected chi connectivity index (χ3v) is 6.41. The molecule has 0 radical (unpaired) electrons. The third kappa shape index (κ3) is 5.02. The van der Waals surface area contributed by atoms with Crippen LogP contribution >= 0.6 is 11.6 Å². The number of carbonyl (C=O) groups is 2. The normalized spacial score (nSPS) is 21.1. The molecule has 27 heavy (non-hydrogen) atoms. The highest BCUT2D eigenvalue weighted by molar-refractivity contribution is 6.30. The second kappa shape index (κ2) is 9.07. The molecule has 2 atom stereocenters. The summed E-state index contributed by atoms with van der Waals surface area (Å²) in [5.41, 5.74) is 7.38. The molecule has 1 aromatic carbocycles. The zero-order valence-electron chi connectivity index (χ0n) is 16.0. The summed E-state index contributed by atoms with van der Waals surface area (Å²) in [6, 6.07) is 7.19. The van der Waals surface area contributed by atoms with Crippen LogP contribution in [0, 0.1) is 11.8 Å². The van der Waals surface area contributed by atoms with E-state index in [0.29, 0.717) is 24.0 Å². The summed E-state index contributed by atoms with van der Waals surface area (Å²) in [7, 11) is 0. The molecule has 3 rings (SSSR count). The van der Waals surface area contributed by atoms with Gasteiger partial charge in [-0.2, -0.15) is 0 Å². The third-order valence-electron chi connectivity index (χ3n) is 6.17. The topological polar surface area (TPSA) is 75.4 Å². The standard InChI is InChI=1S/C21H30ClN3O2/c1-14(26)25-11-9-15(10-12-25)19(23)21(27)24-20(16-5-2-3-6-16)17-7-4-8-18(22)13-17/h4,7-8,13,15-16,19-20H,2-3,5-6,9-12,23H2,1H3,(H,24,27)/t19-,20+/m0/s1. The van der Waals surface area contributed by atoms with Crippen molar-refractivity contribution >= 4 is 23.4 Å². The summed E-state index contributed by atoms with van der Waals surface area (Å²) in [5, 5.41) is 3.92. The summed E-state index contributed by atoms with van der Waals surface area (Å²) in [6.07, 6.45) is 6.19. The fourth-order valence-electron chi connectivity index (χ4n) is 4.50. The van der Waals surface area contributed by atoms with E-state index in [2.05, 4.69) is 5.32 Å². The second-order valence-electron chi connectivity index (χ2n) is 7.96. The number of hydrogen-bond donors (Lipinski definition) is 2. The van der Waals surface area contributed by atoms with Gasteiger partial charge in [0.05, 0.1) is 12.1 Å². The number of amides is 2. The molecular weight excluding hydrogens is 362 g/mol. The predicted molar refractivity (Wildman–Crippen MR) is 107 cm³/mol.